The second kappa shape index (κ2) is 5.43. The summed E-state index contributed by atoms with van der Waals surface area (Å²) >= 11 is 0. The van der Waals surface area contributed by atoms with Crippen molar-refractivity contribution in [1.29, 1.82) is 5.26 Å². The number of carbonyl (C=O) groups is 1. The minimum Gasteiger partial charge on any atom is -0.460 e. The van der Waals surface area contributed by atoms with Gasteiger partial charge in [0.05, 0.1) is 12.5 Å². The van der Waals surface area contributed by atoms with Crippen LogP contribution in [-0.4, -0.2) is 11.6 Å². The van der Waals surface area contributed by atoms with E-state index in [4.69, 9.17) is 10.00 Å². The number of hydrogen-bond acceptors (Lipinski definition) is 3. The molecule has 0 saturated heterocycles. The number of nitrogens with zero attached hydrogens (tertiary/aromatic N) is 1. The van der Waals surface area contributed by atoms with Crippen molar-refractivity contribution < 1.29 is 9.53 Å². The van der Waals surface area contributed by atoms with Gasteiger partial charge in [-0.1, -0.05) is 13.0 Å². The van der Waals surface area contributed by atoms with Crippen LogP contribution in [-0.2, 0) is 9.53 Å². The molecular formula is C11H17NO2. The van der Waals surface area contributed by atoms with Crippen molar-refractivity contribution in [3.8, 4) is 6.07 Å². The van der Waals surface area contributed by atoms with Crippen LogP contribution in [0.25, 0.3) is 0 Å². The molecule has 0 bridgehead atoms. The number of ether oxygens (including phenoxy) is 1. The highest BCUT2D eigenvalue weighted by atomic mass is 16.6. The molecule has 3 heteroatoms. The first kappa shape index (κ1) is 12.7. The van der Waals surface area contributed by atoms with E-state index >= 15 is 0 Å². The van der Waals surface area contributed by atoms with Gasteiger partial charge in [0.25, 0.3) is 0 Å². The molecule has 1 unspecified atom stereocenters. The topological polar surface area (TPSA) is 50.1 Å². The molecule has 0 N–H and O–H groups in total. The normalized spacial score (nSPS) is 13.6. The number of allylic oxidation sites excluding steroid dienone is 2. The Bertz CT molecular complexity index is 255. The monoisotopic (exact) mass is 195 g/mol. The number of esters is 1. The summed E-state index contributed by atoms with van der Waals surface area (Å²) < 4.78 is 5.13. The van der Waals surface area contributed by atoms with E-state index < -0.39 is 5.60 Å². The summed E-state index contributed by atoms with van der Waals surface area (Å²) in [5.41, 5.74) is -0.435. The Balaban J connectivity index is 3.96. The molecule has 0 radical (unpaired) electrons. The first-order chi connectivity index (χ1) is 6.35. The van der Waals surface area contributed by atoms with Crippen LogP contribution >= 0.6 is 0 Å². The second-order valence-corrected chi connectivity index (χ2v) is 4.26. The van der Waals surface area contributed by atoms with Gasteiger partial charge in [0.15, 0.2) is 0 Å². The third kappa shape index (κ3) is 7.35. The van der Waals surface area contributed by atoms with E-state index in [0.29, 0.717) is 6.42 Å². The fraction of sp³-hybridized carbons (Fsp3) is 0.636. The Hall–Kier alpha value is -1.30. The highest BCUT2D eigenvalue weighted by molar-refractivity contribution is 5.70. The molecule has 0 spiro atoms. The molecule has 0 rings (SSSR count). The fourth-order valence-electron chi connectivity index (χ4n) is 0.921. The van der Waals surface area contributed by atoms with E-state index in [1.54, 1.807) is 6.08 Å². The van der Waals surface area contributed by atoms with Crippen molar-refractivity contribution in [3.63, 3.8) is 0 Å². The highest BCUT2D eigenvalue weighted by Crippen LogP contribution is 2.12. The molecular weight excluding hydrogens is 178 g/mol. The van der Waals surface area contributed by atoms with Crippen LogP contribution in [0.3, 0.4) is 0 Å². The summed E-state index contributed by atoms with van der Waals surface area (Å²) in [5.74, 6) is -0.183. The van der Waals surface area contributed by atoms with E-state index in [0.717, 1.165) is 0 Å². The molecule has 0 aromatic heterocycles. The first-order valence-electron chi connectivity index (χ1n) is 4.63. The first-order valence-corrected chi connectivity index (χ1v) is 4.63. The van der Waals surface area contributed by atoms with Crippen LogP contribution in [0.15, 0.2) is 12.2 Å². The largest absolute Gasteiger partial charge is 0.460 e. The zero-order valence-corrected chi connectivity index (χ0v) is 9.20. The SMILES string of the molecule is CC(C=CC#N)CC(=O)OC(C)(C)C. The number of carbonyl (C=O) groups excluding carboxylic acids is 1. The quantitative estimate of drug-likeness (QED) is 0.513. The molecule has 3 nitrogen and oxygen atoms in total. The summed E-state index contributed by atoms with van der Waals surface area (Å²) in [6.45, 7) is 7.37. The third-order valence-electron chi connectivity index (χ3n) is 1.41. The molecule has 1 atom stereocenters. The lowest BCUT2D eigenvalue weighted by Crippen LogP contribution is -2.24. The van der Waals surface area contributed by atoms with Gasteiger partial charge in [-0.2, -0.15) is 5.26 Å². The summed E-state index contributed by atoms with van der Waals surface area (Å²) in [7, 11) is 0. The predicted molar refractivity (Wildman–Crippen MR) is 54.4 cm³/mol. The zero-order valence-electron chi connectivity index (χ0n) is 9.20. The molecule has 78 valence electrons. The van der Waals surface area contributed by atoms with Crippen molar-refractivity contribution in [3.05, 3.63) is 12.2 Å². The van der Waals surface area contributed by atoms with E-state index in [-0.39, 0.29) is 11.9 Å². The standard InChI is InChI=1S/C11H17NO2/c1-9(6-5-7-12)8-10(13)14-11(2,3)4/h5-6,9H,8H2,1-4H3. The Morgan fingerprint density at radius 2 is 2.14 bits per heavy atom. The smallest absolute Gasteiger partial charge is 0.306 e. The van der Waals surface area contributed by atoms with Gasteiger partial charge in [-0.3, -0.25) is 4.79 Å². The molecule has 0 aliphatic heterocycles. The molecule has 0 saturated carbocycles. The summed E-state index contributed by atoms with van der Waals surface area (Å²) in [4.78, 5) is 11.3. The van der Waals surface area contributed by atoms with Crippen molar-refractivity contribution >= 4 is 5.97 Å². The minimum atomic E-state index is -0.435. The average molecular weight is 195 g/mol. The Morgan fingerprint density at radius 3 is 2.57 bits per heavy atom. The van der Waals surface area contributed by atoms with Crippen LogP contribution in [0.1, 0.15) is 34.1 Å². The van der Waals surface area contributed by atoms with Gasteiger partial charge < -0.3 is 4.74 Å². The van der Waals surface area contributed by atoms with E-state index in [2.05, 4.69) is 0 Å². The molecule has 0 aromatic rings. The van der Waals surface area contributed by atoms with Gasteiger partial charge in [0, 0.05) is 6.08 Å². The summed E-state index contributed by atoms with van der Waals surface area (Å²) in [6.07, 6.45) is 3.40. The predicted octanol–water partition coefficient (Wildman–Crippen LogP) is 2.43. The van der Waals surface area contributed by atoms with E-state index in [1.165, 1.54) is 6.08 Å². The molecule has 0 amide bonds. The average Bonchev–Trinajstić information content (AvgIpc) is 1.96. The van der Waals surface area contributed by atoms with Crippen LogP contribution in [0.2, 0.25) is 0 Å². The number of nitriles is 1. The third-order valence-corrected chi connectivity index (χ3v) is 1.41. The van der Waals surface area contributed by atoms with Crippen molar-refractivity contribution in [2.75, 3.05) is 0 Å². The van der Waals surface area contributed by atoms with Crippen LogP contribution in [0.5, 0.6) is 0 Å². The van der Waals surface area contributed by atoms with Crippen LogP contribution in [0.4, 0.5) is 0 Å². The number of rotatable bonds is 3. The summed E-state index contributed by atoms with van der Waals surface area (Å²) in [6, 6.07) is 1.89. The van der Waals surface area contributed by atoms with Crippen molar-refractivity contribution in [1.82, 2.24) is 0 Å². The van der Waals surface area contributed by atoms with Gasteiger partial charge in [0.2, 0.25) is 0 Å². The molecule has 0 aliphatic carbocycles. The summed E-state index contributed by atoms with van der Waals surface area (Å²) in [5, 5.41) is 8.28. The molecule has 0 aromatic carbocycles. The molecule has 0 aliphatic rings. The van der Waals surface area contributed by atoms with Gasteiger partial charge >= 0.3 is 5.97 Å². The maximum atomic E-state index is 11.3. The lowest BCUT2D eigenvalue weighted by atomic mass is 10.1. The van der Waals surface area contributed by atoms with Gasteiger partial charge in [-0.05, 0) is 26.7 Å². The molecule has 14 heavy (non-hydrogen) atoms. The van der Waals surface area contributed by atoms with Crippen LogP contribution < -0.4 is 0 Å². The van der Waals surface area contributed by atoms with E-state index in [9.17, 15) is 4.79 Å². The van der Waals surface area contributed by atoms with Gasteiger partial charge in [-0.15, -0.1) is 0 Å². The van der Waals surface area contributed by atoms with E-state index in [1.807, 2.05) is 33.8 Å². The Kier molecular flexibility index (Phi) is 4.93. The molecule has 0 heterocycles. The van der Waals surface area contributed by atoms with Gasteiger partial charge in [-0.25, -0.2) is 0 Å². The van der Waals surface area contributed by atoms with Crippen LogP contribution in [0, 0.1) is 17.2 Å². The number of hydrogen-bond donors (Lipinski definition) is 0. The van der Waals surface area contributed by atoms with Crippen molar-refractivity contribution in [2.45, 2.75) is 39.7 Å². The minimum absolute atomic E-state index is 0.0458. The Labute approximate surface area is 85.4 Å². The Morgan fingerprint density at radius 1 is 1.57 bits per heavy atom. The van der Waals surface area contributed by atoms with Gasteiger partial charge in [0.1, 0.15) is 5.60 Å². The lowest BCUT2D eigenvalue weighted by Gasteiger charge is -2.20. The lowest BCUT2D eigenvalue weighted by molar-refractivity contribution is -0.155. The fourth-order valence-corrected chi connectivity index (χ4v) is 0.921. The highest BCUT2D eigenvalue weighted by Gasteiger charge is 2.17. The maximum absolute atomic E-state index is 11.3. The second-order valence-electron chi connectivity index (χ2n) is 4.26. The van der Waals surface area contributed by atoms with Crippen molar-refractivity contribution in [2.24, 2.45) is 5.92 Å². The zero-order chi connectivity index (χ0) is 11.2. The maximum Gasteiger partial charge on any atom is 0.306 e. The molecule has 0 fully saturated rings.